The summed E-state index contributed by atoms with van der Waals surface area (Å²) < 4.78 is 38.4. The molecule has 0 radical (unpaired) electrons. The average Bonchev–Trinajstić information content (AvgIpc) is 2.76. The molecule has 0 saturated carbocycles. The second-order valence-corrected chi connectivity index (χ2v) is 5.03. The molecule has 1 saturated heterocycles. The predicted molar refractivity (Wildman–Crippen MR) is 65.6 cm³/mol. The molecular formula is C13H15ClF3N. The molecule has 1 heterocycles. The van der Waals surface area contributed by atoms with E-state index in [1.165, 1.54) is 12.1 Å². The quantitative estimate of drug-likeness (QED) is 0.844. The van der Waals surface area contributed by atoms with E-state index in [0.29, 0.717) is 11.5 Å². The van der Waals surface area contributed by atoms with Gasteiger partial charge in [0, 0.05) is 6.04 Å². The largest absolute Gasteiger partial charge is 0.417 e. The zero-order valence-electron chi connectivity index (χ0n) is 10.0. The van der Waals surface area contributed by atoms with Gasteiger partial charge in [-0.05, 0) is 36.6 Å². The highest BCUT2D eigenvalue weighted by atomic mass is 35.5. The summed E-state index contributed by atoms with van der Waals surface area (Å²) in [7, 11) is 0. The van der Waals surface area contributed by atoms with Crippen LogP contribution in [0.5, 0.6) is 0 Å². The first kappa shape index (κ1) is 13.7. The molecule has 2 atom stereocenters. The Bertz CT molecular complexity index is 431. The van der Waals surface area contributed by atoms with Gasteiger partial charge in [0.25, 0.3) is 0 Å². The van der Waals surface area contributed by atoms with E-state index < -0.39 is 11.7 Å². The van der Waals surface area contributed by atoms with Crippen molar-refractivity contribution in [1.29, 1.82) is 0 Å². The van der Waals surface area contributed by atoms with Crippen LogP contribution in [0.1, 0.15) is 36.9 Å². The van der Waals surface area contributed by atoms with Crippen molar-refractivity contribution < 1.29 is 13.2 Å². The monoisotopic (exact) mass is 277 g/mol. The van der Waals surface area contributed by atoms with Crippen molar-refractivity contribution in [2.45, 2.75) is 32.0 Å². The topological polar surface area (TPSA) is 12.0 Å². The Balaban J connectivity index is 2.35. The molecule has 2 rings (SSSR count). The van der Waals surface area contributed by atoms with Crippen molar-refractivity contribution in [2.24, 2.45) is 5.92 Å². The van der Waals surface area contributed by atoms with Crippen molar-refractivity contribution in [3.8, 4) is 0 Å². The van der Waals surface area contributed by atoms with Crippen LogP contribution in [0.25, 0.3) is 0 Å². The molecule has 0 amide bonds. The standard InChI is InChI=1S/C13H15ClF3N/c1-2-8-5-6-18-12(8)9-3-4-11(14)10(7-9)13(15,16)17/h3-4,7-8,12,18H,2,5-6H2,1H3. The van der Waals surface area contributed by atoms with Gasteiger partial charge >= 0.3 is 6.18 Å². The van der Waals surface area contributed by atoms with Crippen molar-refractivity contribution in [1.82, 2.24) is 5.32 Å². The fourth-order valence-corrected chi connectivity index (χ4v) is 2.77. The molecule has 1 nitrogen and oxygen atoms in total. The SMILES string of the molecule is CCC1CCNC1c1ccc(Cl)c(C(F)(F)F)c1. The zero-order chi connectivity index (χ0) is 13.3. The van der Waals surface area contributed by atoms with Crippen LogP contribution in [0, 0.1) is 5.92 Å². The molecular weight excluding hydrogens is 263 g/mol. The molecule has 1 N–H and O–H groups in total. The Kier molecular flexibility index (Phi) is 3.87. The fourth-order valence-electron chi connectivity index (χ4n) is 2.54. The Morgan fingerprint density at radius 3 is 2.72 bits per heavy atom. The molecule has 0 spiro atoms. The molecule has 0 aliphatic carbocycles. The Labute approximate surface area is 109 Å². The van der Waals surface area contributed by atoms with Crippen LogP contribution in [0.2, 0.25) is 5.02 Å². The van der Waals surface area contributed by atoms with Crippen LogP contribution in [0.4, 0.5) is 13.2 Å². The summed E-state index contributed by atoms with van der Waals surface area (Å²) in [5.41, 5.74) is -0.0682. The van der Waals surface area contributed by atoms with E-state index >= 15 is 0 Å². The lowest BCUT2D eigenvalue weighted by atomic mass is 9.91. The molecule has 0 bridgehead atoms. The molecule has 1 aliphatic rings. The normalized spacial score (nSPS) is 24.5. The van der Waals surface area contributed by atoms with E-state index in [1.54, 1.807) is 6.07 Å². The van der Waals surface area contributed by atoms with E-state index in [0.717, 1.165) is 19.4 Å². The van der Waals surface area contributed by atoms with Gasteiger partial charge < -0.3 is 5.32 Å². The molecule has 1 aromatic carbocycles. The third-order valence-electron chi connectivity index (χ3n) is 3.53. The second-order valence-electron chi connectivity index (χ2n) is 4.63. The summed E-state index contributed by atoms with van der Waals surface area (Å²) in [4.78, 5) is 0. The van der Waals surface area contributed by atoms with Gasteiger partial charge in [0.15, 0.2) is 0 Å². The molecule has 1 aliphatic heterocycles. The highest BCUT2D eigenvalue weighted by Crippen LogP contribution is 2.38. The molecule has 1 aromatic rings. The summed E-state index contributed by atoms with van der Waals surface area (Å²) >= 11 is 5.62. The van der Waals surface area contributed by atoms with E-state index in [2.05, 4.69) is 12.2 Å². The highest BCUT2D eigenvalue weighted by Gasteiger charge is 2.35. The summed E-state index contributed by atoms with van der Waals surface area (Å²) in [6.07, 6.45) is -2.43. The van der Waals surface area contributed by atoms with E-state index in [1.807, 2.05) is 0 Å². The van der Waals surface area contributed by atoms with Gasteiger partial charge in [-0.15, -0.1) is 0 Å². The summed E-state index contributed by atoms with van der Waals surface area (Å²) in [5, 5.41) is 3.02. The van der Waals surface area contributed by atoms with Gasteiger partial charge in [-0.3, -0.25) is 0 Å². The smallest absolute Gasteiger partial charge is 0.310 e. The molecule has 100 valence electrons. The molecule has 5 heteroatoms. The number of nitrogens with one attached hydrogen (secondary N) is 1. The first-order chi connectivity index (χ1) is 8.43. The Hall–Kier alpha value is -0.740. The predicted octanol–water partition coefficient (Wildman–Crippen LogP) is 4.42. The zero-order valence-corrected chi connectivity index (χ0v) is 10.8. The van der Waals surface area contributed by atoms with E-state index in [9.17, 15) is 13.2 Å². The number of halogens is 4. The second kappa shape index (κ2) is 5.10. The first-order valence-corrected chi connectivity index (χ1v) is 6.41. The minimum Gasteiger partial charge on any atom is -0.310 e. The number of benzene rings is 1. The van der Waals surface area contributed by atoms with Crippen LogP contribution < -0.4 is 5.32 Å². The number of hydrogen-bond acceptors (Lipinski definition) is 1. The van der Waals surface area contributed by atoms with Crippen molar-refractivity contribution in [3.05, 3.63) is 34.3 Å². The summed E-state index contributed by atoms with van der Waals surface area (Å²) in [6, 6.07) is 4.21. The van der Waals surface area contributed by atoms with Gasteiger partial charge in [-0.2, -0.15) is 13.2 Å². The van der Waals surface area contributed by atoms with Crippen LogP contribution in [0.3, 0.4) is 0 Å². The van der Waals surface area contributed by atoms with E-state index in [-0.39, 0.29) is 11.1 Å². The average molecular weight is 278 g/mol. The van der Waals surface area contributed by atoms with Gasteiger partial charge in [0.2, 0.25) is 0 Å². The van der Waals surface area contributed by atoms with Gasteiger partial charge in [0.1, 0.15) is 0 Å². The van der Waals surface area contributed by atoms with Crippen LogP contribution in [-0.2, 0) is 6.18 Å². The van der Waals surface area contributed by atoms with E-state index in [4.69, 9.17) is 11.6 Å². The third-order valence-corrected chi connectivity index (χ3v) is 3.86. The third kappa shape index (κ3) is 2.64. The summed E-state index contributed by atoms with van der Waals surface area (Å²) in [6.45, 7) is 2.92. The van der Waals surface area contributed by atoms with Crippen LogP contribution in [0.15, 0.2) is 18.2 Å². The minimum absolute atomic E-state index is 0.00775. The molecule has 18 heavy (non-hydrogen) atoms. The molecule has 1 fully saturated rings. The number of rotatable bonds is 2. The summed E-state index contributed by atoms with van der Waals surface area (Å²) in [5.74, 6) is 0.396. The fraction of sp³-hybridized carbons (Fsp3) is 0.538. The minimum atomic E-state index is -4.40. The van der Waals surface area contributed by atoms with Crippen molar-refractivity contribution in [3.63, 3.8) is 0 Å². The van der Waals surface area contributed by atoms with Gasteiger partial charge in [0.05, 0.1) is 10.6 Å². The Morgan fingerprint density at radius 2 is 2.11 bits per heavy atom. The number of hydrogen-bond donors (Lipinski definition) is 1. The molecule has 0 aromatic heterocycles. The maximum atomic E-state index is 12.8. The highest BCUT2D eigenvalue weighted by molar-refractivity contribution is 6.31. The first-order valence-electron chi connectivity index (χ1n) is 6.03. The van der Waals surface area contributed by atoms with Gasteiger partial charge in [-0.25, -0.2) is 0 Å². The Morgan fingerprint density at radius 1 is 1.39 bits per heavy atom. The van der Waals surface area contributed by atoms with Gasteiger partial charge in [-0.1, -0.05) is 31.0 Å². The van der Waals surface area contributed by atoms with Crippen LogP contribution in [-0.4, -0.2) is 6.54 Å². The lowest BCUT2D eigenvalue weighted by Gasteiger charge is -2.20. The maximum absolute atomic E-state index is 12.8. The van der Waals surface area contributed by atoms with Crippen molar-refractivity contribution in [2.75, 3.05) is 6.54 Å². The maximum Gasteiger partial charge on any atom is 0.417 e. The van der Waals surface area contributed by atoms with Crippen molar-refractivity contribution >= 4 is 11.6 Å². The number of alkyl halides is 3. The van der Waals surface area contributed by atoms with Crippen LogP contribution >= 0.6 is 11.6 Å². The lowest BCUT2D eigenvalue weighted by molar-refractivity contribution is -0.137. The molecule has 2 unspecified atom stereocenters. The lowest BCUT2D eigenvalue weighted by Crippen LogP contribution is -2.18.